The lowest BCUT2D eigenvalue weighted by Gasteiger charge is -2.12. The van der Waals surface area contributed by atoms with E-state index in [2.05, 4.69) is 26.5 Å². The van der Waals surface area contributed by atoms with Crippen molar-refractivity contribution in [3.05, 3.63) is 65.5 Å². The Hall–Kier alpha value is -3.19. The molecule has 33 heavy (non-hydrogen) atoms. The number of guanidine groups is 1. The van der Waals surface area contributed by atoms with Crippen LogP contribution in [-0.4, -0.2) is 31.2 Å². The maximum atomic E-state index is 5.63. The average molecular weight is 560 g/mol. The third-order valence-corrected chi connectivity index (χ3v) is 4.59. The second-order valence-corrected chi connectivity index (χ2v) is 7.04. The van der Waals surface area contributed by atoms with Crippen LogP contribution in [0.15, 0.2) is 58.1 Å². The fourth-order valence-electron chi connectivity index (χ4n) is 2.95. The summed E-state index contributed by atoms with van der Waals surface area (Å²) in [5.41, 5.74) is 3.91. The van der Waals surface area contributed by atoms with Gasteiger partial charge in [0.05, 0.1) is 25.9 Å². The summed E-state index contributed by atoms with van der Waals surface area (Å²) in [6, 6.07) is 13.7. The largest absolute Gasteiger partial charge is 0.493 e. The summed E-state index contributed by atoms with van der Waals surface area (Å²) < 4.78 is 16.5. The molecule has 3 rings (SSSR count). The quantitative estimate of drug-likeness (QED) is 0.173. The first kappa shape index (κ1) is 26.1. The minimum atomic E-state index is 0. The molecule has 0 aliphatic heterocycles. The van der Waals surface area contributed by atoms with Gasteiger partial charge in [0.1, 0.15) is 12.9 Å². The van der Waals surface area contributed by atoms with Crippen molar-refractivity contribution in [2.45, 2.75) is 26.9 Å². The van der Waals surface area contributed by atoms with Crippen LogP contribution in [0.5, 0.6) is 11.5 Å². The molecule has 1 heterocycles. The molecular formula is C25H29IN4O3. The van der Waals surface area contributed by atoms with Gasteiger partial charge in [-0.1, -0.05) is 29.7 Å². The zero-order chi connectivity index (χ0) is 22.8. The SMILES string of the molecule is C#CCOc1cc(CN=C(NCC)NCc2coc(-c3ccc(C)cc3)n2)ccc1OC.I. The zero-order valence-corrected chi connectivity index (χ0v) is 21.4. The lowest BCUT2D eigenvalue weighted by atomic mass is 10.1. The number of terminal acetylenes is 1. The number of aliphatic imine (C=N–C) groups is 1. The number of nitrogens with one attached hydrogen (secondary N) is 2. The number of oxazole rings is 1. The summed E-state index contributed by atoms with van der Waals surface area (Å²) >= 11 is 0. The number of halogens is 1. The molecule has 0 saturated heterocycles. The van der Waals surface area contributed by atoms with Crippen LogP contribution in [0.25, 0.3) is 11.5 Å². The van der Waals surface area contributed by atoms with Gasteiger partial charge in [-0.3, -0.25) is 0 Å². The van der Waals surface area contributed by atoms with Gasteiger partial charge >= 0.3 is 0 Å². The van der Waals surface area contributed by atoms with E-state index in [1.165, 1.54) is 5.56 Å². The summed E-state index contributed by atoms with van der Waals surface area (Å²) in [5.74, 6) is 4.97. The van der Waals surface area contributed by atoms with E-state index in [1.54, 1.807) is 13.4 Å². The second-order valence-electron chi connectivity index (χ2n) is 7.04. The Morgan fingerprint density at radius 2 is 1.94 bits per heavy atom. The minimum absolute atomic E-state index is 0. The van der Waals surface area contributed by atoms with Crippen LogP contribution in [0.4, 0.5) is 0 Å². The lowest BCUT2D eigenvalue weighted by Crippen LogP contribution is -2.36. The number of aromatic nitrogens is 1. The average Bonchev–Trinajstić information content (AvgIpc) is 3.29. The van der Waals surface area contributed by atoms with Gasteiger partial charge < -0.3 is 24.5 Å². The third-order valence-electron chi connectivity index (χ3n) is 4.59. The Morgan fingerprint density at radius 1 is 1.15 bits per heavy atom. The number of aryl methyl sites for hydroxylation is 1. The predicted molar refractivity (Wildman–Crippen MR) is 141 cm³/mol. The second kappa shape index (κ2) is 13.4. The van der Waals surface area contributed by atoms with E-state index in [1.807, 2.05) is 56.3 Å². The Kier molecular flexibility index (Phi) is 10.6. The van der Waals surface area contributed by atoms with Crippen molar-refractivity contribution in [1.29, 1.82) is 0 Å². The van der Waals surface area contributed by atoms with Crippen LogP contribution in [0.3, 0.4) is 0 Å². The molecule has 8 heteroatoms. The van der Waals surface area contributed by atoms with Crippen molar-refractivity contribution in [3.63, 3.8) is 0 Å². The molecule has 0 fully saturated rings. The summed E-state index contributed by atoms with van der Waals surface area (Å²) in [4.78, 5) is 9.21. The smallest absolute Gasteiger partial charge is 0.226 e. The van der Waals surface area contributed by atoms with Crippen molar-refractivity contribution in [2.75, 3.05) is 20.3 Å². The Bertz CT molecular complexity index is 1090. The molecule has 0 saturated carbocycles. The number of rotatable bonds is 9. The Morgan fingerprint density at radius 3 is 2.64 bits per heavy atom. The first-order valence-electron chi connectivity index (χ1n) is 10.4. The molecule has 0 bridgehead atoms. The molecule has 0 atom stereocenters. The molecule has 0 aliphatic rings. The molecule has 3 aromatic rings. The Balaban J connectivity index is 0.00000385. The molecule has 2 aromatic carbocycles. The summed E-state index contributed by atoms with van der Waals surface area (Å²) in [5, 5.41) is 6.52. The summed E-state index contributed by atoms with van der Waals surface area (Å²) in [6.45, 7) is 5.92. The van der Waals surface area contributed by atoms with Crippen LogP contribution in [0.1, 0.15) is 23.7 Å². The van der Waals surface area contributed by atoms with E-state index in [4.69, 9.17) is 20.3 Å². The highest BCUT2D eigenvalue weighted by atomic mass is 127. The van der Waals surface area contributed by atoms with Crippen molar-refractivity contribution in [1.82, 2.24) is 15.6 Å². The van der Waals surface area contributed by atoms with Crippen LogP contribution >= 0.6 is 24.0 Å². The van der Waals surface area contributed by atoms with Gasteiger partial charge in [0.15, 0.2) is 17.5 Å². The Labute approximate surface area is 212 Å². The van der Waals surface area contributed by atoms with E-state index in [0.717, 1.165) is 23.4 Å². The van der Waals surface area contributed by atoms with Gasteiger partial charge in [-0.15, -0.1) is 30.4 Å². The van der Waals surface area contributed by atoms with E-state index >= 15 is 0 Å². The zero-order valence-electron chi connectivity index (χ0n) is 19.1. The molecule has 0 amide bonds. The van der Waals surface area contributed by atoms with Crippen molar-refractivity contribution in [3.8, 4) is 35.3 Å². The van der Waals surface area contributed by atoms with E-state index < -0.39 is 0 Å². The van der Waals surface area contributed by atoms with E-state index in [0.29, 0.717) is 36.4 Å². The normalized spacial score (nSPS) is 10.7. The standard InChI is InChI=1S/C25H28N4O3.HI/c1-5-13-31-23-14-19(9-12-22(23)30-4)15-27-25(26-6-2)28-16-21-17-32-24(29-21)20-10-7-18(3)8-11-20;/h1,7-12,14,17H,6,13,15-16H2,2-4H3,(H2,26,27,28);1H. The number of hydrogen-bond acceptors (Lipinski definition) is 5. The highest BCUT2D eigenvalue weighted by molar-refractivity contribution is 14.0. The maximum Gasteiger partial charge on any atom is 0.226 e. The topological polar surface area (TPSA) is 80.9 Å². The van der Waals surface area contributed by atoms with Crippen LogP contribution in [-0.2, 0) is 13.1 Å². The van der Waals surface area contributed by atoms with Gasteiger partial charge in [-0.2, -0.15) is 0 Å². The van der Waals surface area contributed by atoms with Crippen LogP contribution < -0.4 is 20.1 Å². The molecule has 0 aliphatic carbocycles. The van der Waals surface area contributed by atoms with E-state index in [9.17, 15) is 0 Å². The van der Waals surface area contributed by atoms with Gasteiger partial charge in [-0.05, 0) is 43.7 Å². The first-order valence-corrected chi connectivity index (χ1v) is 10.4. The molecule has 1 aromatic heterocycles. The highest BCUT2D eigenvalue weighted by Crippen LogP contribution is 2.28. The molecule has 2 N–H and O–H groups in total. The molecule has 0 radical (unpaired) electrons. The third kappa shape index (κ3) is 7.71. The number of benzene rings is 2. The summed E-state index contributed by atoms with van der Waals surface area (Å²) in [6.07, 6.45) is 6.95. The predicted octanol–water partition coefficient (Wildman–Crippen LogP) is 4.54. The monoisotopic (exact) mass is 560 g/mol. The fraction of sp³-hybridized carbons (Fsp3) is 0.280. The highest BCUT2D eigenvalue weighted by Gasteiger charge is 2.08. The van der Waals surface area contributed by atoms with Crippen molar-refractivity contribution < 1.29 is 13.9 Å². The van der Waals surface area contributed by atoms with Crippen LogP contribution in [0, 0.1) is 19.3 Å². The fourth-order valence-corrected chi connectivity index (χ4v) is 2.95. The number of ether oxygens (including phenoxy) is 2. The number of nitrogens with zero attached hydrogens (tertiary/aromatic N) is 2. The summed E-state index contributed by atoms with van der Waals surface area (Å²) in [7, 11) is 1.59. The maximum absolute atomic E-state index is 5.63. The van der Waals surface area contributed by atoms with E-state index in [-0.39, 0.29) is 30.6 Å². The number of hydrogen-bond donors (Lipinski definition) is 2. The van der Waals surface area contributed by atoms with Gasteiger partial charge in [0.25, 0.3) is 0 Å². The molecule has 0 unspecified atom stereocenters. The molecule has 174 valence electrons. The number of methoxy groups -OCH3 is 1. The molecule has 7 nitrogen and oxygen atoms in total. The molecular weight excluding hydrogens is 531 g/mol. The first-order chi connectivity index (χ1) is 15.6. The van der Waals surface area contributed by atoms with Gasteiger partial charge in [-0.25, -0.2) is 9.98 Å². The van der Waals surface area contributed by atoms with Crippen molar-refractivity contribution in [2.24, 2.45) is 4.99 Å². The molecule has 0 spiro atoms. The van der Waals surface area contributed by atoms with Gasteiger partial charge in [0, 0.05) is 12.1 Å². The minimum Gasteiger partial charge on any atom is -0.493 e. The lowest BCUT2D eigenvalue weighted by molar-refractivity contribution is 0.330. The van der Waals surface area contributed by atoms with Crippen molar-refractivity contribution >= 4 is 29.9 Å². The van der Waals surface area contributed by atoms with Crippen LogP contribution in [0.2, 0.25) is 0 Å². The van der Waals surface area contributed by atoms with Gasteiger partial charge in [0.2, 0.25) is 5.89 Å².